The molecule has 0 aromatic heterocycles. The molecule has 0 aliphatic carbocycles. The van der Waals surface area contributed by atoms with E-state index in [0.717, 1.165) is 11.1 Å². The standard InChI is InChI=1S/C23H23ClN2O4S/c1-16-19(24)10-7-11-20(16)25-23(27)18-12-13-21(30-3)22(14-18)31(28,29)26(2)15-17-8-5-4-6-9-17/h4-14H,15H2,1-3H3,(H,25,27). The van der Waals surface area contributed by atoms with Crippen molar-refractivity contribution in [2.75, 3.05) is 19.5 Å². The Bertz CT molecular complexity index is 1200. The topological polar surface area (TPSA) is 75.7 Å². The fourth-order valence-electron chi connectivity index (χ4n) is 3.05. The maximum atomic E-state index is 13.2. The van der Waals surface area contributed by atoms with Gasteiger partial charge < -0.3 is 10.1 Å². The highest BCUT2D eigenvalue weighted by molar-refractivity contribution is 7.89. The Balaban J connectivity index is 1.92. The van der Waals surface area contributed by atoms with Gasteiger partial charge in [-0.05, 0) is 48.4 Å². The predicted octanol–water partition coefficient (Wildman–Crippen LogP) is 4.73. The molecular formula is C23H23ClN2O4S. The number of sulfonamides is 1. The predicted molar refractivity (Wildman–Crippen MR) is 122 cm³/mol. The Hall–Kier alpha value is -2.87. The second kappa shape index (κ2) is 9.51. The number of nitrogens with one attached hydrogen (secondary N) is 1. The number of hydrogen-bond acceptors (Lipinski definition) is 4. The molecular weight excluding hydrogens is 436 g/mol. The van der Waals surface area contributed by atoms with Gasteiger partial charge >= 0.3 is 0 Å². The summed E-state index contributed by atoms with van der Waals surface area (Å²) in [4.78, 5) is 12.7. The van der Waals surface area contributed by atoms with Crippen LogP contribution in [0.15, 0.2) is 71.6 Å². The van der Waals surface area contributed by atoms with E-state index in [9.17, 15) is 13.2 Å². The van der Waals surface area contributed by atoms with Crippen LogP contribution in [0.3, 0.4) is 0 Å². The van der Waals surface area contributed by atoms with Gasteiger partial charge in [0.25, 0.3) is 5.91 Å². The molecule has 6 nitrogen and oxygen atoms in total. The second-order valence-corrected chi connectivity index (χ2v) is 9.40. The molecule has 0 unspecified atom stereocenters. The Morgan fingerprint density at radius 2 is 1.77 bits per heavy atom. The molecule has 0 bridgehead atoms. The van der Waals surface area contributed by atoms with Gasteiger partial charge in [0.1, 0.15) is 10.6 Å². The number of nitrogens with zero attached hydrogens (tertiary/aromatic N) is 1. The van der Waals surface area contributed by atoms with Gasteiger partial charge in [-0.1, -0.05) is 48.0 Å². The van der Waals surface area contributed by atoms with Crippen LogP contribution in [-0.2, 0) is 16.6 Å². The fraction of sp³-hybridized carbons (Fsp3) is 0.174. The van der Waals surface area contributed by atoms with Gasteiger partial charge in [-0.3, -0.25) is 4.79 Å². The van der Waals surface area contributed by atoms with Gasteiger partial charge in [0.05, 0.1) is 7.11 Å². The molecule has 0 saturated carbocycles. The first-order chi connectivity index (χ1) is 14.7. The highest BCUT2D eigenvalue weighted by atomic mass is 35.5. The van der Waals surface area contributed by atoms with Gasteiger partial charge in [-0.2, -0.15) is 4.31 Å². The van der Waals surface area contributed by atoms with Crippen LogP contribution in [0.2, 0.25) is 5.02 Å². The number of benzene rings is 3. The van der Waals surface area contributed by atoms with E-state index in [1.54, 1.807) is 25.1 Å². The smallest absolute Gasteiger partial charge is 0.255 e. The van der Waals surface area contributed by atoms with Crippen LogP contribution in [0.5, 0.6) is 5.75 Å². The second-order valence-electron chi connectivity index (χ2n) is 6.98. The van der Waals surface area contributed by atoms with Crippen molar-refractivity contribution in [3.8, 4) is 5.75 Å². The third-order valence-corrected chi connectivity index (χ3v) is 7.11. The first kappa shape index (κ1) is 22.8. The Morgan fingerprint density at radius 1 is 1.06 bits per heavy atom. The van der Waals surface area contributed by atoms with Crippen molar-refractivity contribution >= 4 is 33.2 Å². The normalized spacial score (nSPS) is 11.4. The lowest BCUT2D eigenvalue weighted by Gasteiger charge is -2.19. The molecule has 0 atom stereocenters. The molecule has 0 heterocycles. The number of carbonyl (C=O) groups is 1. The van der Waals surface area contributed by atoms with Gasteiger partial charge in [0, 0.05) is 29.9 Å². The fourth-order valence-corrected chi connectivity index (χ4v) is 4.56. The molecule has 3 aromatic carbocycles. The van der Waals surface area contributed by atoms with Crippen molar-refractivity contribution in [3.63, 3.8) is 0 Å². The molecule has 3 rings (SSSR count). The van der Waals surface area contributed by atoms with E-state index in [0.29, 0.717) is 10.7 Å². The van der Waals surface area contributed by atoms with Crippen LogP contribution in [0.25, 0.3) is 0 Å². The summed E-state index contributed by atoms with van der Waals surface area (Å²) in [5.74, 6) is -0.287. The van der Waals surface area contributed by atoms with Crippen molar-refractivity contribution in [3.05, 3.63) is 88.4 Å². The number of rotatable bonds is 7. The van der Waals surface area contributed by atoms with E-state index >= 15 is 0 Å². The number of methoxy groups -OCH3 is 1. The van der Waals surface area contributed by atoms with E-state index < -0.39 is 15.9 Å². The van der Waals surface area contributed by atoms with E-state index in [1.165, 1.54) is 36.7 Å². The maximum absolute atomic E-state index is 13.2. The lowest BCUT2D eigenvalue weighted by atomic mass is 10.1. The summed E-state index contributed by atoms with van der Waals surface area (Å²) in [5.41, 5.74) is 2.31. The quantitative estimate of drug-likeness (QED) is 0.555. The van der Waals surface area contributed by atoms with Crippen LogP contribution in [0.4, 0.5) is 5.69 Å². The highest BCUT2D eigenvalue weighted by Crippen LogP contribution is 2.29. The van der Waals surface area contributed by atoms with Crippen molar-refractivity contribution in [2.45, 2.75) is 18.4 Å². The average molecular weight is 459 g/mol. The van der Waals surface area contributed by atoms with Crippen molar-refractivity contribution < 1.29 is 17.9 Å². The third kappa shape index (κ3) is 5.07. The van der Waals surface area contributed by atoms with Crippen molar-refractivity contribution in [1.82, 2.24) is 4.31 Å². The average Bonchev–Trinajstić information content (AvgIpc) is 2.77. The number of hydrogen-bond donors (Lipinski definition) is 1. The molecule has 0 spiro atoms. The van der Waals surface area contributed by atoms with E-state index in [2.05, 4.69) is 5.32 Å². The molecule has 0 radical (unpaired) electrons. The van der Waals surface area contributed by atoms with Crippen LogP contribution in [0.1, 0.15) is 21.5 Å². The lowest BCUT2D eigenvalue weighted by molar-refractivity contribution is 0.102. The molecule has 3 aromatic rings. The van der Waals surface area contributed by atoms with Crippen LogP contribution >= 0.6 is 11.6 Å². The number of halogens is 1. The molecule has 8 heteroatoms. The summed E-state index contributed by atoms with van der Waals surface area (Å²) >= 11 is 6.12. The monoisotopic (exact) mass is 458 g/mol. The summed E-state index contributed by atoms with van der Waals surface area (Å²) < 4.78 is 33.0. The van der Waals surface area contributed by atoms with Crippen LogP contribution in [0, 0.1) is 6.92 Å². The van der Waals surface area contributed by atoms with E-state index in [1.807, 2.05) is 30.3 Å². The molecule has 0 saturated heterocycles. The summed E-state index contributed by atoms with van der Waals surface area (Å²) in [5, 5.41) is 3.31. The van der Waals surface area contributed by atoms with Crippen LogP contribution in [-0.4, -0.2) is 32.8 Å². The third-order valence-electron chi connectivity index (χ3n) is 4.88. The Kier molecular flexibility index (Phi) is 7.00. The first-order valence-corrected chi connectivity index (χ1v) is 11.3. The number of carbonyl (C=O) groups excluding carboxylic acids is 1. The van der Waals surface area contributed by atoms with E-state index in [4.69, 9.17) is 16.3 Å². The molecule has 0 aliphatic heterocycles. The first-order valence-electron chi connectivity index (χ1n) is 9.49. The maximum Gasteiger partial charge on any atom is 0.255 e. The van der Waals surface area contributed by atoms with Gasteiger partial charge in [-0.15, -0.1) is 0 Å². The minimum Gasteiger partial charge on any atom is -0.495 e. The molecule has 162 valence electrons. The minimum absolute atomic E-state index is 0.0797. The zero-order chi connectivity index (χ0) is 22.6. The molecule has 31 heavy (non-hydrogen) atoms. The zero-order valence-electron chi connectivity index (χ0n) is 17.4. The zero-order valence-corrected chi connectivity index (χ0v) is 19.0. The number of ether oxygens (including phenoxy) is 1. The summed E-state index contributed by atoms with van der Waals surface area (Å²) in [6.45, 7) is 1.98. The van der Waals surface area contributed by atoms with Gasteiger partial charge in [0.15, 0.2) is 0 Å². The largest absolute Gasteiger partial charge is 0.495 e. The van der Waals surface area contributed by atoms with E-state index in [-0.39, 0.29) is 22.8 Å². The van der Waals surface area contributed by atoms with Gasteiger partial charge in [0.2, 0.25) is 10.0 Å². The summed E-state index contributed by atoms with van der Waals surface area (Å²) in [6, 6.07) is 18.8. The Morgan fingerprint density at radius 3 is 2.45 bits per heavy atom. The summed E-state index contributed by atoms with van der Waals surface area (Å²) in [7, 11) is -1.04. The van der Waals surface area contributed by atoms with Crippen molar-refractivity contribution in [1.29, 1.82) is 0 Å². The molecule has 0 fully saturated rings. The minimum atomic E-state index is -3.92. The SMILES string of the molecule is COc1ccc(C(=O)Nc2cccc(Cl)c2C)cc1S(=O)(=O)N(C)Cc1ccccc1. The van der Waals surface area contributed by atoms with Crippen molar-refractivity contribution in [2.24, 2.45) is 0 Å². The molecule has 1 N–H and O–H groups in total. The number of anilines is 1. The highest BCUT2D eigenvalue weighted by Gasteiger charge is 2.26. The molecule has 1 amide bonds. The Labute approximate surface area is 187 Å². The number of amides is 1. The lowest BCUT2D eigenvalue weighted by Crippen LogP contribution is -2.27. The van der Waals surface area contributed by atoms with Crippen LogP contribution < -0.4 is 10.1 Å². The molecule has 0 aliphatic rings. The van der Waals surface area contributed by atoms with Gasteiger partial charge in [-0.25, -0.2) is 8.42 Å². The summed E-state index contributed by atoms with van der Waals surface area (Å²) in [6.07, 6.45) is 0.